The van der Waals surface area contributed by atoms with Crippen molar-refractivity contribution in [2.75, 3.05) is 0 Å². The van der Waals surface area contributed by atoms with Crippen molar-refractivity contribution in [2.24, 2.45) is 7.05 Å². The number of amides is 2. The second-order valence-electron chi connectivity index (χ2n) is 5.03. The Labute approximate surface area is 120 Å². The Bertz CT molecular complexity index is 867. The number of piperidine rings is 1. The molecule has 0 bridgehead atoms. The van der Waals surface area contributed by atoms with Crippen LogP contribution >= 0.6 is 0 Å². The van der Waals surface area contributed by atoms with Crippen LogP contribution in [0.5, 0.6) is 0 Å². The summed E-state index contributed by atoms with van der Waals surface area (Å²) in [4.78, 5) is 35.7. The lowest BCUT2D eigenvalue weighted by Gasteiger charge is -2.21. The van der Waals surface area contributed by atoms with E-state index in [1.165, 1.54) is 9.13 Å². The lowest BCUT2D eigenvalue weighted by atomic mass is 10.1. The topological polar surface area (TPSA) is 73.1 Å². The highest BCUT2D eigenvalue weighted by Gasteiger charge is 2.31. The van der Waals surface area contributed by atoms with E-state index in [-0.39, 0.29) is 18.0 Å². The number of hydrogen-bond acceptors (Lipinski definition) is 3. The van der Waals surface area contributed by atoms with E-state index in [1.807, 2.05) is 0 Å². The molecule has 1 saturated heterocycles. The molecule has 0 aliphatic carbocycles. The Morgan fingerprint density at radius 2 is 2.05 bits per heavy atom. The third-order valence-electron chi connectivity index (χ3n) is 3.78. The molecule has 6 nitrogen and oxygen atoms in total. The van der Waals surface area contributed by atoms with E-state index in [9.17, 15) is 14.4 Å². The van der Waals surface area contributed by atoms with Gasteiger partial charge in [0.15, 0.2) is 0 Å². The zero-order chi connectivity index (χ0) is 15.1. The average molecular weight is 283 g/mol. The van der Waals surface area contributed by atoms with Gasteiger partial charge < -0.3 is 0 Å². The number of carbonyl (C=O) groups excluding carboxylic acids is 2. The van der Waals surface area contributed by atoms with Crippen LogP contribution in [-0.4, -0.2) is 20.9 Å². The van der Waals surface area contributed by atoms with Crippen LogP contribution in [0.3, 0.4) is 0 Å². The number of benzene rings is 1. The molecule has 2 heterocycles. The number of aryl methyl sites for hydroxylation is 1. The van der Waals surface area contributed by atoms with E-state index in [0.29, 0.717) is 23.0 Å². The lowest BCUT2D eigenvalue weighted by Crippen LogP contribution is -2.44. The van der Waals surface area contributed by atoms with Crippen LogP contribution in [0.1, 0.15) is 24.4 Å². The molecule has 1 aliphatic heterocycles. The van der Waals surface area contributed by atoms with Crippen LogP contribution in [0.2, 0.25) is 0 Å². The Morgan fingerprint density at radius 1 is 1.29 bits per heavy atom. The van der Waals surface area contributed by atoms with Gasteiger partial charge in [0, 0.05) is 19.0 Å². The normalized spacial score (nSPS) is 18.6. The highest BCUT2D eigenvalue weighted by Crippen LogP contribution is 2.23. The first-order valence-corrected chi connectivity index (χ1v) is 6.54. The third kappa shape index (κ3) is 1.94. The van der Waals surface area contributed by atoms with E-state index in [4.69, 9.17) is 6.42 Å². The highest BCUT2D eigenvalue weighted by molar-refractivity contribution is 6.00. The lowest BCUT2D eigenvalue weighted by molar-refractivity contribution is -0.135. The molecule has 0 saturated carbocycles. The van der Waals surface area contributed by atoms with Gasteiger partial charge in [0.25, 0.3) is 0 Å². The van der Waals surface area contributed by atoms with E-state index in [1.54, 1.807) is 25.2 Å². The van der Waals surface area contributed by atoms with E-state index < -0.39 is 11.9 Å². The summed E-state index contributed by atoms with van der Waals surface area (Å²) < 4.78 is 2.89. The largest absolute Gasteiger partial charge is 0.329 e. The fourth-order valence-corrected chi connectivity index (χ4v) is 2.69. The quantitative estimate of drug-likeness (QED) is 0.604. The van der Waals surface area contributed by atoms with E-state index in [2.05, 4.69) is 11.2 Å². The molecule has 1 N–H and O–H groups in total. The van der Waals surface area contributed by atoms with E-state index >= 15 is 0 Å². The van der Waals surface area contributed by atoms with Gasteiger partial charge >= 0.3 is 5.69 Å². The third-order valence-corrected chi connectivity index (χ3v) is 3.78. The van der Waals surface area contributed by atoms with Crippen LogP contribution in [0.4, 0.5) is 0 Å². The first kappa shape index (κ1) is 13.2. The van der Waals surface area contributed by atoms with Gasteiger partial charge in [-0.25, -0.2) is 4.79 Å². The molecule has 0 radical (unpaired) electrons. The number of imidazole rings is 1. The number of carbonyl (C=O) groups is 2. The SMILES string of the molecule is C#Cc1ccc2c(c1)n(C1CCC(=O)NC1=O)c(=O)n2C. The molecule has 1 unspecified atom stereocenters. The molecule has 1 fully saturated rings. The summed E-state index contributed by atoms with van der Waals surface area (Å²) in [5.74, 6) is 1.75. The fraction of sp³-hybridized carbons (Fsp3) is 0.267. The maximum absolute atomic E-state index is 12.4. The van der Waals surface area contributed by atoms with Gasteiger partial charge in [0.2, 0.25) is 11.8 Å². The van der Waals surface area contributed by atoms with Crippen molar-refractivity contribution in [3.8, 4) is 12.3 Å². The molecule has 1 aromatic carbocycles. The average Bonchev–Trinajstić information content (AvgIpc) is 2.71. The maximum Gasteiger partial charge on any atom is 0.329 e. The van der Waals surface area contributed by atoms with Crippen LogP contribution in [0.25, 0.3) is 11.0 Å². The first-order chi connectivity index (χ1) is 10.0. The van der Waals surface area contributed by atoms with Gasteiger partial charge in [-0.3, -0.25) is 24.0 Å². The second kappa shape index (κ2) is 4.63. The molecule has 6 heteroatoms. The Balaban J connectivity index is 2.25. The van der Waals surface area contributed by atoms with Crippen molar-refractivity contribution in [3.63, 3.8) is 0 Å². The van der Waals surface area contributed by atoms with Gasteiger partial charge in [-0.15, -0.1) is 6.42 Å². The Hall–Kier alpha value is -2.81. The molecule has 106 valence electrons. The zero-order valence-electron chi connectivity index (χ0n) is 11.4. The minimum absolute atomic E-state index is 0.216. The summed E-state index contributed by atoms with van der Waals surface area (Å²) >= 11 is 0. The minimum Gasteiger partial charge on any atom is -0.295 e. The monoisotopic (exact) mass is 283 g/mol. The number of fused-ring (bicyclic) bond motifs is 1. The number of nitrogens with one attached hydrogen (secondary N) is 1. The molecule has 0 spiro atoms. The number of terminal acetylenes is 1. The van der Waals surface area contributed by atoms with Gasteiger partial charge in [0.1, 0.15) is 6.04 Å². The Kier molecular flexibility index (Phi) is 2.91. The molecule has 21 heavy (non-hydrogen) atoms. The van der Waals surface area contributed by atoms with Gasteiger partial charge in [0.05, 0.1) is 11.0 Å². The van der Waals surface area contributed by atoms with Crippen molar-refractivity contribution in [1.29, 1.82) is 0 Å². The molecular formula is C15H13N3O3. The second-order valence-corrected chi connectivity index (χ2v) is 5.03. The molecule has 1 aliphatic rings. The smallest absolute Gasteiger partial charge is 0.295 e. The summed E-state index contributed by atoms with van der Waals surface area (Å²) in [6.45, 7) is 0. The summed E-state index contributed by atoms with van der Waals surface area (Å²) in [6, 6.07) is 4.53. The summed E-state index contributed by atoms with van der Waals surface area (Å²) in [5.41, 5.74) is 1.64. The first-order valence-electron chi connectivity index (χ1n) is 6.54. The summed E-state index contributed by atoms with van der Waals surface area (Å²) in [6.07, 6.45) is 5.92. The van der Waals surface area contributed by atoms with Crippen LogP contribution in [-0.2, 0) is 16.6 Å². The van der Waals surface area contributed by atoms with Crippen LogP contribution < -0.4 is 11.0 Å². The molecule has 2 amide bonds. The van der Waals surface area contributed by atoms with E-state index in [0.717, 1.165) is 0 Å². The standard InChI is InChI=1S/C15H13N3O3/c1-3-9-4-5-10-12(8-9)18(15(21)17(10)2)11-6-7-13(19)16-14(11)20/h1,4-5,8,11H,6-7H2,2H3,(H,16,19,20). The molecule has 1 aromatic heterocycles. The predicted molar refractivity (Wildman–Crippen MR) is 76.5 cm³/mol. The van der Waals surface area contributed by atoms with Crippen LogP contribution in [0.15, 0.2) is 23.0 Å². The van der Waals surface area contributed by atoms with Gasteiger partial charge in [-0.1, -0.05) is 5.92 Å². The zero-order valence-corrected chi connectivity index (χ0v) is 11.4. The molecule has 1 atom stereocenters. The predicted octanol–water partition coefficient (Wildman–Crippen LogP) is 0.299. The number of imide groups is 1. The number of rotatable bonds is 1. The van der Waals surface area contributed by atoms with Crippen molar-refractivity contribution in [3.05, 3.63) is 34.2 Å². The molecule has 2 aromatic rings. The molecular weight excluding hydrogens is 270 g/mol. The highest BCUT2D eigenvalue weighted by atomic mass is 16.2. The maximum atomic E-state index is 12.4. The number of aromatic nitrogens is 2. The van der Waals surface area contributed by atoms with Crippen molar-refractivity contribution in [1.82, 2.24) is 14.5 Å². The Morgan fingerprint density at radius 3 is 2.71 bits per heavy atom. The summed E-state index contributed by atoms with van der Waals surface area (Å²) in [7, 11) is 1.64. The number of hydrogen-bond donors (Lipinski definition) is 1. The van der Waals surface area contributed by atoms with Crippen molar-refractivity contribution in [2.45, 2.75) is 18.9 Å². The fourth-order valence-electron chi connectivity index (χ4n) is 2.69. The van der Waals surface area contributed by atoms with Gasteiger partial charge in [-0.05, 0) is 24.6 Å². The minimum atomic E-state index is -0.688. The van der Waals surface area contributed by atoms with Crippen molar-refractivity contribution >= 4 is 22.8 Å². The molecule has 3 rings (SSSR count). The van der Waals surface area contributed by atoms with Crippen LogP contribution in [0, 0.1) is 12.3 Å². The van der Waals surface area contributed by atoms with Gasteiger partial charge in [-0.2, -0.15) is 0 Å². The number of nitrogens with zero attached hydrogens (tertiary/aromatic N) is 2. The summed E-state index contributed by atoms with van der Waals surface area (Å²) in [5, 5.41) is 2.27. The van der Waals surface area contributed by atoms with Crippen molar-refractivity contribution < 1.29 is 9.59 Å².